The van der Waals surface area contributed by atoms with Gasteiger partial charge in [0.15, 0.2) is 0 Å². The normalized spacial score (nSPS) is 20.8. The maximum Gasteiger partial charge on any atom is 0.0781 e. The topological polar surface area (TPSA) is 26.5 Å². The predicted octanol–water partition coefficient (Wildman–Crippen LogP) is 0.238. The molecule has 0 spiro atoms. The Bertz CT molecular complexity index is 45.6. The molecule has 3 heteroatoms. The molecule has 1 radical (unpaired) electrons. The summed E-state index contributed by atoms with van der Waals surface area (Å²) in [5.74, 6) is 0. The standard InChI is InChI=1S/C2H3N2S/c1-2-4-5-3-1/h1H,2H2. The fourth-order valence-electron chi connectivity index (χ4n) is 0.167. The van der Waals surface area contributed by atoms with Crippen LogP contribution in [-0.4, -0.2) is 12.8 Å². The Morgan fingerprint density at radius 2 is 2.80 bits per heavy atom. The molecule has 0 amide bonds. The zero-order valence-corrected chi connectivity index (χ0v) is 3.40. The fourth-order valence-corrected chi connectivity index (χ4v) is 0.500. The maximum absolute atomic E-state index is 3.78. The summed E-state index contributed by atoms with van der Waals surface area (Å²) in [7, 11) is 0. The van der Waals surface area contributed by atoms with Crippen molar-refractivity contribution in [1.82, 2.24) is 4.72 Å². The van der Waals surface area contributed by atoms with Crippen molar-refractivity contribution in [3.8, 4) is 0 Å². The van der Waals surface area contributed by atoms with E-state index in [1.165, 1.54) is 12.1 Å². The van der Waals surface area contributed by atoms with Gasteiger partial charge in [-0.3, -0.25) is 0 Å². The van der Waals surface area contributed by atoms with Crippen LogP contribution in [0.1, 0.15) is 0 Å². The van der Waals surface area contributed by atoms with Crippen molar-refractivity contribution in [1.29, 1.82) is 0 Å². The second-order valence-electron chi connectivity index (χ2n) is 0.681. The summed E-state index contributed by atoms with van der Waals surface area (Å²) in [6, 6.07) is 0. The molecule has 1 heterocycles. The van der Waals surface area contributed by atoms with Crippen LogP contribution in [0.3, 0.4) is 0 Å². The Labute approximate surface area is 34.9 Å². The Hall–Kier alpha value is -0.0200. The molecule has 0 bridgehead atoms. The van der Waals surface area contributed by atoms with Gasteiger partial charge >= 0.3 is 0 Å². The van der Waals surface area contributed by atoms with Crippen LogP contribution in [0.5, 0.6) is 0 Å². The Morgan fingerprint density at radius 3 is 3.00 bits per heavy atom. The van der Waals surface area contributed by atoms with E-state index in [1.54, 1.807) is 6.21 Å². The van der Waals surface area contributed by atoms with E-state index in [4.69, 9.17) is 0 Å². The molecule has 27 valence electrons. The second kappa shape index (κ2) is 1.43. The SMILES string of the molecule is C1=NS[N]C1. The molecule has 0 unspecified atom stereocenters. The van der Waals surface area contributed by atoms with Gasteiger partial charge in [0.2, 0.25) is 0 Å². The van der Waals surface area contributed by atoms with E-state index in [0.29, 0.717) is 0 Å². The predicted molar refractivity (Wildman–Crippen MR) is 23.1 cm³/mol. The van der Waals surface area contributed by atoms with Crippen molar-refractivity contribution < 1.29 is 0 Å². The summed E-state index contributed by atoms with van der Waals surface area (Å²) in [5.41, 5.74) is 0. The molecule has 2 nitrogen and oxygen atoms in total. The first-order valence-corrected chi connectivity index (χ1v) is 2.08. The van der Waals surface area contributed by atoms with Gasteiger partial charge in [-0.1, -0.05) is 0 Å². The van der Waals surface area contributed by atoms with E-state index in [-0.39, 0.29) is 0 Å². The molecular weight excluding hydrogens is 84.1 g/mol. The van der Waals surface area contributed by atoms with Crippen molar-refractivity contribution >= 4 is 18.3 Å². The van der Waals surface area contributed by atoms with E-state index >= 15 is 0 Å². The van der Waals surface area contributed by atoms with Crippen LogP contribution in [0.15, 0.2) is 4.40 Å². The van der Waals surface area contributed by atoms with E-state index in [0.717, 1.165) is 6.54 Å². The molecule has 1 rings (SSSR count). The third-order valence-electron chi connectivity index (χ3n) is 0.336. The molecule has 1 aliphatic rings. The highest BCUT2D eigenvalue weighted by atomic mass is 32.2. The van der Waals surface area contributed by atoms with Crippen molar-refractivity contribution in [2.75, 3.05) is 6.54 Å². The van der Waals surface area contributed by atoms with Gasteiger partial charge in [-0.2, -0.15) is 0 Å². The average Bonchev–Trinajstić information content (AvgIpc) is 1.76. The molecule has 0 fully saturated rings. The molecular formula is C2H3N2S. The third kappa shape index (κ3) is 0.629. The molecule has 0 atom stereocenters. The summed E-state index contributed by atoms with van der Waals surface area (Å²) in [4.78, 5) is 0. The highest BCUT2D eigenvalue weighted by molar-refractivity contribution is 7.96. The van der Waals surface area contributed by atoms with Gasteiger partial charge in [-0.25, -0.2) is 4.40 Å². The number of hydrogen-bond acceptors (Lipinski definition) is 2. The first kappa shape index (κ1) is 3.18. The van der Waals surface area contributed by atoms with Crippen LogP contribution in [0.25, 0.3) is 0 Å². The maximum atomic E-state index is 3.78. The minimum atomic E-state index is 0.796. The molecule has 0 aromatic carbocycles. The van der Waals surface area contributed by atoms with Crippen LogP contribution >= 0.6 is 12.1 Å². The molecule has 0 saturated heterocycles. The van der Waals surface area contributed by atoms with E-state index in [1.807, 2.05) is 0 Å². The molecule has 0 saturated carbocycles. The van der Waals surface area contributed by atoms with Crippen molar-refractivity contribution in [3.63, 3.8) is 0 Å². The van der Waals surface area contributed by atoms with Gasteiger partial charge in [0.1, 0.15) is 0 Å². The van der Waals surface area contributed by atoms with Gasteiger partial charge in [-0.05, 0) is 0 Å². The summed E-state index contributed by atoms with van der Waals surface area (Å²) in [6.45, 7) is 0.796. The van der Waals surface area contributed by atoms with Gasteiger partial charge < -0.3 is 0 Å². The number of nitrogens with zero attached hydrogens (tertiary/aromatic N) is 2. The number of rotatable bonds is 0. The molecule has 1 aliphatic heterocycles. The van der Waals surface area contributed by atoms with Crippen molar-refractivity contribution in [2.24, 2.45) is 4.40 Å². The fraction of sp³-hybridized carbons (Fsp3) is 0.500. The molecule has 0 aromatic heterocycles. The zero-order valence-electron chi connectivity index (χ0n) is 2.59. The van der Waals surface area contributed by atoms with Gasteiger partial charge in [-0.15, -0.1) is 4.72 Å². The summed E-state index contributed by atoms with van der Waals surface area (Å²) < 4.78 is 7.49. The Morgan fingerprint density at radius 1 is 1.80 bits per heavy atom. The van der Waals surface area contributed by atoms with Gasteiger partial charge in [0.25, 0.3) is 0 Å². The lowest BCUT2D eigenvalue weighted by Crippen LogP contribution is -1.86. The highest BCUT2D eigenvalue weighted by Crippen LogP contribution is 1.98. The molecule has 5 heavy (non-hydrogen) atoms. The summed E-state index contributed by atoms with van der Waals surface area (Å²) >= 11 is 1.27. The second-order valence-corrected chi connectivity index (χ2v) is 1.31. The summed E-state index contributed by atoms with van der Waals surface area (Å²) in [5, 5.41) is 0. The quantitative estimate of drug-likeness (QED) is 0.389. The zero-order chi connectivity index (χ0) is 3.54. The van der Waals surface area contributed by atoms with Gasteiger partial charge in [0, 0.05) is 6.21 Å². The molecule has 0 aliphatic carbocycles. The largest absolute Gasteiger partial charge is 0.210 e. The third-order valence-corrected chi connectivity index (χ3v) is 0.843. The highest BCUT2D eigenvalue weighted by Gasteiger charge is 1.87. The molecule has 0 aromatic rings. The van der Waals surface area contributed by atoms with Crippen molar-refractivity contribution in [3.05, 3.63) is 0 Å². The van der Waals surface area contributed by atoms with Gasteiger partial charge in [0.05, 0.1) is 18.7 Å². The first-order valence-electron chi connectivity index (χ1n) is 1.35. The molecule has 0 N–H and O–H groups in total. The minimum Gasteiger partial charge on any atom is -0.210 e. The Balaban J connectivity index is 2.32. The minimum absolute atomic E-state index is 0.796. The van der Waals surface area contributed by atoms with Crippen LogP contribution in [0.2, 0.25) is 0 Å². The van der Waals surface area contributed by atoms with Crippen molar-refractivity contribution in [2.45, 2.75) is 0 Å². The van der Waals surface area contributed by atoms with Crippen LogP contribution in [0, 0.1) is 0 Å². The van der Waals surface area contributed by atoms with E-state index in [9.17, 15) is 0 Å². The lowest BCUT2D eigenvalue weighted by molar-refractivity contribution is 1.20. The summed E-state index contributed by atoms with van der Waals surface area (Å²) in [6.07, 6.45) is 1.78. The van der Waals surface area contributed by atoms with E-state index in [2.05, 4.69) is 9.12 Å². The number of hydrogen-bond donors (Lipinski definition) is 0. The lowest BCUT2D eigenvalue weighted by atomic mass is 10.8. The lowest BCUT2D eigenvalue weighted by Gasteiger charge is -1.68. The monoisotopic (exact) mass is 87.0 g/mol. The van der Waals surface area contributed by atoms with E-state index < -0.39 is 0 Å². The smallest absolute Gasteiger partial charge is 0.0781 e. The average molecular weight is 87.1 g/mol. The first-order chi connectivity index (χ1) is 2.50. The van der Waals surface area contributed by atoms with Crippen LogP contribution in [0.4, 0.5) is 0 Å². The Kier molecular flexibility index (Phi) is 0.907. The van der Waals surface area contributed by atoms with Crippen LogP contribution in [-0.2, 0) is 0 Å². The van der Waals surface area contributed by atoms with Crippen LogP contribution < -0.4 is 4.72 Å².